The highest BCUT2D eigenvalue weighted by molar-refractivity contribution is 5.75. The minimum absolute atomic E-state index is 0.0729. The maximum atomic E-state index is 12.6. The van der Waals surface area contributed by atoms with Gasteiger partial charge in [0.15, 0.2) is 0 Å². The Kier molecular flexibility index (Phi) is 3.66. The Bertz CT molecular complexity index is 1300. The summed E-state index contributed by atoms with van der Waals surface area (Å²) in [4.78, 5) is 23.4. The molecule has 11 heteroatoms. The summed E-state index contributed by atoms with van der Waals surface area (Å²) in [6.07, 6.45) is 0. The molecule has 0 amide bonds. The third-order valence-electron chi connectivity index (χ3n) is 4.71. The number of nitrogens with zero attached hydrogens (tertiary/aromatic N) is 6. The second-order valence-electron chi connectivity index (χ2n) is 6.38. The SMILES string of the molecule is O=c1[nH]nc(-c2ccccc2)c2c1Nc1nnnn1C2c1cccc([N+](=O)[O-])c1. The van der Waals surface area contributed by atoms with E-state index in [1.54, 1.807) is 12.1 Å². The van der Waals surface area contributed by atoms with E-state index in [-0.39, 0.29) is 17.3 Å². The van der Waals surface area contributed by atoms with Crippen LogP contribution in [0.4, 0.5) is 17.3 Å². The molecule has 1 aliphatic rings. The van der Waals surface area contributed by atoms with Gasteiger partial charge in [0.25, 0.3) is 11.2 Å². The fourth-order valence-electron chi connectivity index (χ4n) is 3.47. The van der Waals surface area contributed by atoms with E-state index >= 15 is 0 Å². The van der Waals surface area contributed by atoms with Gasteiger partial charge in [0, 0.05) is 23.3 Å². The first-order chi connectivity index (χ1) is 14.1. The first-order valence-electron chi connectivity index (χ1n) is 8.60. The van der Waals surface area contributed by atoms with Crippen LogP contribution in [0.15, 0.2) is 59.4 Å². The minimum Gasteiger partial charge on any atom is -0.318 e. The number of nitrogens with one attached hydrogen (secondary N) is 2. The van der Waals surface area contributed by atoms with Gasteiger partial charge in [-0.1, -0.05) is 47.6 Å². The van der Waals surface area contributed by atoms with Crippen LogP contribution in [-0.2, 0) is 0 Å². The Morgan fingerprint density at radius 1 is 1.10 bits per heavy atom. The van der Waals surface area contributed by atoms with Crippen molar-refractivity contribution in [2.24, 2.45) is 0 Å². The van der Waals surface area contributed by atoms with Crippen LogP contribution in [0.1, 0.15) is 17.2 Å². The summed E-state index contributed by atoms with van der Waals surface area (Å²) in [6.45, 7) is 0. The molecule has 0 saturated carbocycles. The maximum absolute atomic E-state index is 12.6. The van der Waals surface area contributed by atoms with Crippen LogP contribution < -0.4 is 10.9 Å². The van der Waals surface area contributed by atoms with Crippen molar-refractivity contribution in [3.8, 4) is 11.3 Å². The lowest BCUT2D eigenvalue weighted by molar-refractivity contribution is -0.384. The Morgan fingerprint density at radius 2 is 1.93 bits per heavy atom. The second kappa shape index (κ2) is 6.34. The zero-order chi connectivity index (χ0) is 20.0. The standard InChI is InChI=1S/C18H12N8O3/c27-17-15-13(14(20-21-17)10-5-2-1-3-6-10)16(25-18(19-15)22-23-24-25)11-7-4-8-12(9-11)26(28)29/h1-9,16H,(H,21,27)(H,19,22,24). The lowest BCUT2D eigenvalue weighted by Gasteiger charge is -2.27. The summed E-state index contributed by atoms with van der Waals surface area (Å²) in [5, 5.41) is 32.6. The van der Waals surface area contributed by atoms with Crippen molar-refractivity contribution in [2.75, 3.05) is 5.32 Å². The maximum Gasteiger partial charge on any atom is 0.288 e. The lowest BCUT2D eigenvalue weighted by Crippen LogP contribution is -2.29. The van der Waals surface area contributed by atoms with Gasteiger partial charge in [-0.2, -0.15) is 9.78 Å². The van der Waals surface area contributed by atoms with E-state index in [4.69, 9.17) is 0 Å². The van der Waals surface area contributed by atoms with Crippen molar-refractivity contribution >= 4 is 17.3 Å². The van der Waals surface area contributed by atoms with E-state index in [0.29, 0.717) is 16.8 Å². The summed E-state index contributed by atoms with van der Waals surface area (Å²) >= 11 is 0. The molecule has 3 heterocycles. The Balaban J connectivity index is 1.82. The lowest BCUT2D eigenvalue weighted by atomic mass is 9.92. The number of anilines is 2. The topological polar surface area (TPSA) is 145 Å². The van der Waals surface area contributed by atoms with Gasteiger partial charge in [-0.05, 0) is 16.0 Å². The largest absolute Gasteiger partial charge is 0.318 e. The Morgan fingerprint density at radius 3 is 2.72 bits per heavy atom. The molecule has 2 N–H and O–H groups in total. The molecule has 5 rings (SSSR count). The molecule has 0 radical (unpaired) electrons. The van der Waals surface area contributed by atoms with Crippen molar-refractivity contribution in [1.29, 1.82) is 0 Å². The molecule has 1 atom stereocenters. The molecular formula is C18H12N8O3. The van der Waals surface area contributed by atoms with Gasteiger partial charge in [-0.25, -0.2) is 5.10 Å². The molecule has 142 valence electrons. The normalized spacial score (nSPS) is 14.6. The zero-order valence-electron chi connectivity index (χ0n) is 14.7. The van der Waals surface area contributed by atoms with Crippen molar-refractivity contribution in [1.82, 2.24) is 30.4 Å². The Labute approximate surface area is 162 Å². The van der Waals surface area contributed by atoms with Gasteiger partial charge < -0.3 is 5.32 Å². The number of aromatic amines is 1. The van der Waals surface area contributed by atoms with Crippen LogP contribution in [-0.4, -0.2) is 35.3 Å². The number of nitro groups is 1. The number of benzene rings is 2. The highest BCUT2D eigenvalue weighted by Gasteiger charge is 2.34. The van der Waals surface area contributed by atoms with E-state index in [1.165, 1.54) is 16.8 Å². The molecular weight excluding hydrogens is 376 g/mol. The molecule has 0 saturated heterocycles. The van der Waals surface area contributed by atoms with Crippen LogP contribution in [0.25, 0.3) is 11.3 Å². The zero-order valence-corrected chi connectivity index (χ0v) is 14.7. The van der Waals surface area contributed by atoms with E-state index in [2.05, 4.69) is 31.0 Å². The van der Waals surface area contributed by atoms with E-state index in [9.17, 15) is 14.9 Å². The van der Waals surface area contributed by atoms with Gasteiger partial charge in [0.1, 0.15) is 11.7 Å². The van der Waals surface area contributed by atoms with Gasteiger partial charge in [-0.15, -0.1) is 0 Å². The smallest absolute Gasteiger partial charge is 0.288 e. The monoisotopic (exact) mass is 388 g/mol. The summed E-state index contributed by atoms with van der Waals surface area (Å²) in [5.74, 6) is 0.254. The Hall–Kier alpha value is -4.41. The number of tetrazole rings is 1. The first-order valence-corrected chi connectivity index (χ1v) is 8.60. The minimum atomic E-state index is -0.679. The fourth-order valence-corrected chi connectivity index (χ4v) is 3.47. The number of non-ortho nitro benzene ring substituents is 1. The summed E-state index contributed by atoms with van der Waals surface area (Å²) in [6, 6.07) is 14.8. The summed E-state index contributed by atoms with van der Waals surface area (Å²) < 4.78 is 1.48. The summed E-state index contributed by atoms with van der Waals surface area (Å²) in [5.41, 5.74) is 2.11. The molecule has 11 nitrogen and oxygen atoms in total. The number of H-pyrrole nitrogens is 1. The van der Waals surface area contributed by atoms with Crippen molar-refractivity contribution < 1.29 is 4.92 Å². The number of nitro benzene ring substituents is 1. The van der Waals surface area contributed by atoms with Crippen molar-refractivity contribution in [2.45, 2.75) is 6.04 Å². The van der Waals surface area contributed by atoms with E-state index in [1.807, 2.05) is 30.3 Å². The molecule has 2 aromatic heterocycles. The average Bonchev–Trinajstić information content (AvgIpc) is 3.22. The second-order valence-corrected chi connectivity index (χ2v) is 6.38. The molecule has 2 aromatic carbocycles. The summed E-state index contributed by atoms with van der Waals surface area (Å²) in [7, 11) is 0. The molecule has 4 aromatic rings. The van der Waals surface area contributed by atoms with Gasteiger partial charge in [-0.3, -0.25) is 14.9 Å². The molecule has 29 heavy (non-hydrogen) atoms. The third kappa shape index (κ3) is 2.64. The van der Waals surface area contributed by atoms with E-state index < -0.39 is 16.5 Å². The van der Waals surface area contributed by atoms with Crippen LogP contribution in [0.5, 0.6) is 0 Å². The molecule has 1 aliphatic heterocycles. The number of hydrogen-bond donors (Lipinski definition) is 2. The number of rotatable bonds is 3. The van der Waals surface area contributed by atoms with Crippen molar-refractivity contribution in [3.05, 3.63) is 86.2 Å². The number of hydrogen-bond acceptors (Lipinski definition) is 8. The molecule has 0 spiro atoms. The van der Waals surface area contributed by atoms with Crippen LogP contribution >= 0.6 is 0 Å². The van der Waals surface area contributed by atoms with Crippen LogP contribution in [0, 0.1) is 10.1 Å². The first kappa shape index (κ1) is 16.7. The molecule has 1 unspecified atom stereocenters. The molecule has 0 bridgehead atoms. The van der Waals surface area contributed by atoms with Crippen molar-refractivity contribution in [3.63, 3.8) is 0 Å². The van der Waals surface area contributed by atoms with Gasteiger partial charge >= 0.3 is 0 Å². The predicted molar refractivity (Wildman–Crippen MR) is 102 cm³/mol. The highest BCUT2D eigenvalue weighted by Crippen LogP contribution is 2.41. The van der Waals surface area contributed by atoms with Crippen LogP contribution in [0.3, 0.4) is 0 Å². The molecule has 0 aliphatic carbocycles. The average molecular weight is 388 g/mol. The highest BCUT2D eigenvalue weighted by atomic mass is 16.6. The van der Waals surface area contributed by atoms with Gasteiger partial charge in [0.05, 0.1) is 10.6 Å². The van der Waals surface area contributed by atoms with Crippen LogP contribution in [0.2, 0.25) is 0 Å². The number of aromatic nitrogens is 6. The van der Waals surface area contributed by atoms with E-state index in [0.717, 1.165) is 5.56 Å². The predicted octanol–water partition coefficient (Wildman–Crippen LogP) is 2.03. The fraction of sp³-hybridized carbons (Fsp3) is 0.0556. The number of fused-ring (bicyclic) bond motifs is 2. The quantitative estimate of drug-likeness (QED) is 0.353. The molecule has 0 fully saturated rings. The van der Waals surface area contributed by atoms with Gasteiger partial charge in [0.2, 0.25) is 5.95 Å². The third-order valence-corrected chi connectivity index (χ3v) is 4.71.